The number of hydrogen-bond donors (Lipinski definition) is 1. The summed E-state index contributed by atoms with van der Waals surface area (Å²) in [5, 5.41) is 3.45. The van der Waals surface area contributed by atoms with E-state index in [0.717, 1.165) is 27.8 Å². The van der Waals surface area contributed by atoms with E-state index < -0.39 is 0 Å². The first-order valence-corrected chi connectivity index (χ1v) is 7.37. The minimum Gasteiger partial charge on any atom is -0.336 e. The topological polar surface area (TPSA) is 32.3 Å². The summed E-state index contributed by atoms with van der Waals surface area (Å²) in [5.74, 6) is 0.156. The molecular weight excluding hydrogens is 339 g/mol. The molecule has 1 aliphatic rings. The Kier molecular flexibility index (Phi) is 4.27. The lowest BCUT2D eigenvalue weighted by Crippen LogP contribution is -2.55. The Morgan fingerprint density at radius 1 is 1.33 bits per heavy atom. The lowest BCUT2D eigenvalue weighted by molar-refractivity contribution is 0.0672. The van der Waals surface area contributed by atoms with Crippen LogP contribution < -0.4 is 5.32 Å². The number of benzene rings is 1. The van der Waals surface area contributed by atoms with Crippen molar-refractivity contribution in [3.8, 4) is 0 Å². The summed E-state index contributed by atoms with van der Waals surface area (Å²) in [6.07, 6.45) is 0. The molecule has 1 heterocycles. The van der Waals surface area contributed by atoms with Gasteiger partial charge in [0.05, 0.1) is 5.56 Å². The zero-order chi connectivity index (χ0) is 13.3. The number of nitrogens with zero attached hydrogens (tertiary/aromatic N) is 1. The highest BCUT2D eigenvalue weighted by atomic mass is 127. The molecule has 98 valence electrons. The van der Waals surface area contributed by atoms with Gasteiger partial charge in [-0.2, -0.15) is 0 Å². The second-order valence-electron chi connectivity index (χ2n) is 5.12. The molecule has 0 aromatic heterocycles. The monoisotopic (exact) mass is 358 g/mol. The molecule has 1 saturated heterocycles. The van der Waals surface area contributed by atoms with Crippen LogP contribution in [-0.2, 0) is 0 Å². The molecule has 2 atom stereocenters. The minimum atomic E-state index is 0.156. The fourth-order valence-electron chi connectivity index (χ4n) is 2.48. The maximum atomic E-state index is 12.6. The summed E-state index contributed by atoms with van der Waals surface area (Å²) in [6, 6.07) is 6.65. The van der Waals surface area contributed by atoms with Crippen LogP contribution in [-0.4, -0.2) is 36.0 Å². The average molecular weight is 358 g/mol. The van der Waals surface area contributed by atoms with Crippen molar-refractivity contribution in [2.24, 2.45) is 0 Å². The van der Waals surface area contributed by atoms with Crippen LogP contribution in [0.3, 0.4) is 0 Å². The normalized spacial score (nSPS) is 24.1. The van der Waals surface area contributed by atoms with E-state index in [9.17, 15) is 4.79 Å². The van der Waals surface area contributed by atoms with Crippen LogP contribution in [0.2, 0.25) is 0 Å². The van der Waals surface area contributed by atoms with Crippen LogP contribution in [0.1, 0.15) is 29.8 Å². The molecule has 1 N–H and O–H groups in total. The largest absolute Gasteiger partial charge is 0.336 e. The number of carbonyl (C=O) groups excluding carboxylic acids is 1. The van der Waals surface area contributed by atoms with Crippen LogP contribution >= 0.6 is 22.6 Å². The molecule has 1 aliphatic heterocycles. The molecule has 4 heteroatoms. The highest BCUT2D eigenvalue weighted by molar-refractivity contribution is 14.1. The first-order chi connectivity index (χ1) is 8.49. The highest BCUT2D eigenvalue weighted by Crippen LogP contribution is 2.19. The van der Waals surface area contributed by atoms with Crippen molar-refractivity contribution in [2.75, 3.05) is 13.1 Å². The lowest BCUT2D eigenvalue weighted by Gasteiger charge is -2.36. The number of hydrogen-bond acceptors (Lipinski definition) is 2. The zero-order valence-corrected chi connectivity index (χ0v) is 13.2. The number of aryl methyl sites for hydroxylation is 1. The summed E-state index contributed by atoms with van der Waals surface area (Å²) in [4.78, 5) is 14.5. The summed E-state index contributed by atoms with van der Waals surface area (Å²) in [6.45, 7) is 7.86. The van der Waals surface area contributed by atoms with Crippen molar-refractivity contribution in [1.82, 2.24) is 10.2 Å². The standard InChI is InChI=1S/C14H19IN2O/c1-9-5-4-6-12(13(9)15)14(18)17-7-10(2)16-11(3)8-17/h4-6,10-11,16H,7-8H2,1-3H3. The Hall–Kier alpha value is -0.620. The van der Waals surface area contributed by atoms with Gasteiger partial charge >= 0.3 is 0 Å². The molecule has 0 saturated carbocycles. The fourth-order valence-corrected chi connectivity index (χ4v) is 3.07. The van der Waals surface area contributed by atoms with E-state index in [2.05, 4.69) is 41.8 Å². The van der Waals surface area contributed by atoms with Crippen LogP contribution in [0.15, 0.2) is 18.2 Å². The molecule has 1 aromatic carbocycles. The predicted molar refractivity (Wildman–Crippen MR) is 81.9 cm³/mol. The first-order valence-electron chi connectivity index (χ1n) is 6.29. The molecule has 2 rings (SSSR count). The van der Waals surface area contributed by atoms with Gasteiger partial charge in [0.15, 0.2) is 0 Å². The van der Waals surface area contributed by atoms with Gasteiger partial charge in [0, 0.05) is 28.7 Å². The summed E-state index contributed by atoms with van der Waals surface area (Å²) in [7, 11) is 0. The van der Waals surface area contributed by atoms with Gasteiger partial charge in [0.25, 0.3) is 5.91 Å². The molecule has 0 radical (unpaired) electrons. The molecule has 18 heavy (non-hydrogen) atoms. The van der Waals surface area contributed by atoms with E-state index in [-0.39, 0.29) is 5.91 Å². The van der Waals surface area contributed by atoms with Crippen molar-refractivity contribution < 1.29 is 4.79 Å². The van der Waals surface area contributed by atoms with Gasteiger partial charge in [0.1, 0.15) is 0 Å². The fraction of sp³-hybridized carbons (Fsp3) is 0.500. The first kappa shape index (κ1) is 13.8. The van der Waals surface area contributed by atoms with Gasteiger partial charge in [-0.05, 0) is 55.0 Å². The van der Waals surface area contributed by atoms with Gasteiger partial charge in [0.2, 0.25) is 0 Å². The third-order valence-electron chi connectivity index (χ3n) is 3.27. The summed E-state index contributed by atoms with van der Waals surface area (Å²) < 4.78 is 1.07. The predicted octanol–water partition coefficient (Wildman–Crippen LogP) is 2.42. The number of halogens is 1. The van der Waals surface area contributed by atoms with Crippen molar-refractivity contribution in [1.29, 1.82) is 0 Å². The molecule has 0 spiro atoms. The van der Waals surface area contributed by atoms with E-state index in [0.29, 0.717) is 12.1 Å². The quantitative estimate of drug-likeness (QED) is 0.783. The SMILES string of the molecule is Cc1cccc(C(=O)N2CC(C)NC(C)C2)c1I. The number of piperazine rings is 1. The summed E-state index contributed by atoms with van der Waals surface area (Å²) >= 11 is 2.26. The van der Waals surface area contributed by atoms with Crippen LogP contribution in [0.5, 0.6) is 0 Å². The summed E-state index contributed by atoms with van der Waals surface area (Å²) in [5.41, 5.74) is 1.99. The number of carbonyl (C=O) groups is 1. The minimum absolute atomic E-state index is 0.156. The van der Waals surface area contributed by atoms with Gasteiger partial charge in [-0.25, -0.2) is 0 Å². The second-order valence-corrected chi connectivity index (χ2v) is 6.19. The second kappa shape index (κ2) is 5.57. The number of amides is 1. The Morgan fingerprint density at radius 3 is 2.56 bits per heavy atom. The van der Waals surface area contributed by atoms with E-state index in [1.54, 1.807) is 0 Å². The van der Waals surface area contributed by atoms with E-state index in [4.69, 9.17) is 0 Å². The maximum absolute atomic E-state index is 12.6. The molecule has 0 aliphatic carbocycles. The van der Waals surface area contributed by atoms with Gasteiger partial charge < -0.3 is 10.2 Å². The van der Waals surface area contributed by atoms with Crippen molar-refractivity contribution in [3.05, 3.63) is 32.9 Å². The molecular formula is C14H19IN2O. The number of rotatable bonds is 1. The van der Waals surface area contributed by atoms with Gasteiger partial charge in [-0.1, -0.05) is 12.1 Å². The molecule has 1 fully saturated rings. The Balaban J connectivity index is 2.23. The van der Waals surface area contributed by atoms with Crippen LogP contribution in [0, 0.1) is 10.5 Å². The molecule has 3 nitrogen and oxygen atoms in total. The Labute approximate surface area is 122 Å². The third kappa shape index (κ3) is 2.85. The average Bonchev–Trinajstić information content (AvgIpc) is 2.30. The van der Waals surface area contributed by atoms with Gasteiger partial charge in [-0.3, -0.25) is 4.79 Å². The van der Waals surface area contributed by atoms with Gasteiger partial charge in [-0.15, -0.1) is 0 Å². The Morgan fingerprint density at radius 2 is 1.94 bits per heavy atom. The molecule has 1 aromatic rings. The molecule has 0 bridgehead atoms. The van der Waals surface area contributed by atoms with E-state index in [1.165, 1.54) is 0 Å². The van der Waals surface area contributed by atoms with Crippen molar-refractivity contribution in [3.63, 3.8) is 0 Å². The highest BCUT2D eigenvalue weighted by Gasteiger charge is 2.26. The third-order valence-corrected chi connectivity index (χ3v) is 4.70. The van der Waals surface area contributed by atoms with Crippen molar-refractivity contribution >= 4 is 28.5 Å². The lowest BCUT2D eigenvalue weighted by atomic mass is 10.1. The molecule has 1 amide bonds. The molecule has 2 unspecified atom stereocenters. The van der Waals surface area contributed by atoms with E-state index in [1.807, 2.05) is 30.0 Å². The van der Waals surface area contributed by atoms with Crippen molar-refractivity contribution in [2.45, 2.75) is 32.9 Å². The van der Waals surface area contributed by atoms with Crippen LogP contribution in [0.25, 0.3) is 0 Å². The zero-order valence-electron chi connectivity index (χ0n) is 11.0. The number of nitrogens with one attached hydrogen (secondary N) is 1. The van der Waals surface area contributed by atoms with Crippen LogP contribution in [0.4, 0.5) is 0 Å². The Bertz CT molecular complexity index is 451. The van der Waals surface area contributed by atoms with E-state index >= 15 is 0 Å². The maximum Gasteiger partial charge on any atom is 0.255 e. The smallest absolute Gasteiger partial charge is 0.255 e.